The van der Waals surface area contributed by atoms with Gasteiger partial charge in [0.15, 0.2) is 5.76 Å². The zero-order chi connectivity index (χ0) is 11.7. The molecule has 16 heavy (non-hydrogen) atoms. The molecule has 0 radical (unpaired) electrons. The molecule has 1 aromatic carbocycles. The lowest BCUT2D eigenvalue weighted by Crippen LogP contribution is -2.00. The van der Waals surface area contributed by atoms with Gasteiger partial charge in [-0.05, 0) is 23.7 Å². The smallest absolute Gasteiger partial charge is 0.341 e. The van der Waals surface area contributed by atoms with Crippen molar-refractivity contribution in [3.05, 3.63) is 35.6 Å². The lowest BCUT2D eigenvalue weighted by Gasteiger charge is -1.98. The third-order valence-corrected chi connectivity index (χ3v) is 2.33. The number of fused-ring (bicyclic) bond motifs is 1. The first kappa shape index (κ1) is 10.7. The SMILES string of the molecule is COC(=O)c1cccc2cc(C(=O)Cl)oc12. The maximum Gasteiger partial charge on any atom is 0.341 e. The summed E-state index contributed by atoms with van der Waals surface area (Å²) in [6.45, 7) is 0. The van der Waals surface area contributed by atoms with Gasteiger partial charge in [-0.2, -0.15) is 0 Å². The highest BCUT2D eigenvalue weighted by molar-refractivity contribution is 6.67. The average molecular weight is 239 g/mol. The number of benzene rings is 1. The maximum absolute atomic E-state index is 11.4. The zero-order valence-corrected chi connectivity index (χ0v) is 9.08. The van der Waals surface area contributed by atoms with Crippen LogP contribution in [-0.2, 0) is 4.74 Å². The number of furan rings is 1. The van der Waals surface area contributed by atoms with E-state index in [2.05, 4.69) is 4.74 Å². The topological polar surface area (TPSA) is 56.5 Å². The van der Waals surface area contributed by atoms with Gasteiger partial charge in [0, 0.05) is 5.39 Å². The van der Waals surface area contributed by atoms with Crippen LogP contribution in [0.25, 0.3) is 11.0 Å². The van der Waals surface area contributed by atoms with Crippen molar-refractivity contribution in [1.82, 2.24) is 0 Å². The molecular formula is C11H7ClO4. The summed E-state index contributed by atoms with van der Waals surface area (Å²) in [5, 5.41) is -0.0704. The fourth-order valence-electron chi connectivity index (χ4n) is 1.43. The minimum atomic E-state index is -0.702. The van der Waals surface area contributed by atoms with Crippen LogP contribution in [0.4, 0.5) is 0 Å². The molecule has 0 saturated carbocycles. The van der Waals surface area contributed by atoms with Gasteiger partial charge in [-0.25, -0.2) is 4.79 Å². The number of hydrogen-bond donors (Lipinski definition) is 0. The van der Waals surface area contributed by atoms with Crippen LogP contribution in [0.1, 0.15) is 20.9 Å². The van der Waals surface area contributed by atoms with Crippen molar-refractivity contribution < 1.29 is 18.7 Å². The van der Waals surface area contributed by atoms with Crippen LogP contribution in [0.15, 0.2) is 28.7 Å². The molecule has 0 amide bonds. The highest BCUT2D eigenvalue weighted by atomic mass is 35.5. The lowest BCUT2D eigenvalue weighted by molar-refractivity contribution is 0.0601. The molecule has 0 fully saturated rings. The first-order valence-electron chi connectivity index (χ1n) is 4.44. The molecule has 0 aliphatic carbocycles. The van der Waals surface area contributed by atoms with E-state index in [1.54, 1.807) is 18.2 Å². The molecule has 5 heteroatoms. The van der Waals surface area contributed by atoms with Crippen molar-refractivity contribution in [3.8, 4) is 0 Å². The number of esters is 1. The third kappa shape index (κ3) is 1.67. The van der Waals surface area contributed by atoms with Crippen LogP contribution < -0.4 is 0 Å². The highest BCUT2D eigenvalue weighted by Gasteiger charge is 2.16. The number of halogens is 1. The number of para-hydroxylation sites is 1. The van der Waals surface area contributed by atoms with Gasteiger partial charge in [-0.1, -0.05) is 12.1 Å². The molecule has 0 spiro atoms. The van der Waals surface area contributed by atoms with Crippen LogP contribution in [0.5, 0.6) is 0 Å². The van der Waals surface area contributed by atoms with Crippen LogP contribution >= 0.6 is 11.6 Å². The van der Waals surface area contributed by atoms with E-state index in [1.165, 1.54) is 13.2 Å². The van der Waals surface area contributed by atoms with Crippen LogP contribution in [0.2, 0.25) is 0 Å². The van der Waals surface area contributed by atoms with E-state index in [9.17, 15) is 9.59 Å². The highest BCUT2D eigenvalue weighted by Crippen LogP contribution is 2.24. The molecule has 1 aromatic heterocycles. The monoisotopic (exact) mass is 238 g/mol. The standard InChI is InChI=1S/C11H7ClO4/c1-15-11(14)7-4-2-3-6-5-8(10(12)13)16-9(6)7/h2-5H,1H3. The summed E-state index contributed by atoms with van der Waals surface area (Å²) in [5.41, 5.74) is 0.572. The predicted molar refractivity (Wildman–Crippen MR) is 57.7 cm³/mol. The van der Waals surface area contributed by atoms with E-state index in [0.29, 0.717) is 11.0 Å². The number of carbonyl (C=O) groups is 2. The van der Waals surface area contributed by atoms with Gasteiger partial charge in [-0.3, -0.25) is 4.79 Å². The normalized spacial score (nSPS) is 10.4. The van der Waals surface area contributed by atoms with Crippen molar-refractivity contribution in [3.63, 3.8) is 0 Å². The van der Waals surface area contributed by atoms with Gasteiger partial charge in [-0.15, -0.1) is 0 Å². The van der Waals surface area contributed by atoms with Crippen molar-refractivity contribution in [2.45, 2.75) is 0 Å². The van der Waals surface area contributed by atoms with Crippen LogP contribution in [0.3, 0.4) is 0 Å². The molecule has 4 nitrogen and oxygen atoms in total. The largest absolute Gasteiger partial charge is 0.465 e. The number of hydrogen-bond acceptors (Lipinski definition) is 4. The molecule has 0 saturated heterocycles. The second-order valence-electron chi connectivity index (χ2n) is 3.10. The Hall–Kier alpha value is -1.81. The van der Waals surface area contributed by atoms with E-state index < -0.39 is 11.2 Å². The Balaban J connectivity index is 2.67. The Morgan fingerprint density at radius 2 is 2.12 bits per heavy atom. The summed E-state index contributed by atoms with van der Waals surface area (Å²) >= 11 is 5.29. The van der Waals surface area contributed by atoms with E-state index in [0.717, 1.165) is 0 Å². The van der Waals surface area contributed by atoms with E-state index in [1.807, 2.05) is 0 Å². The Bertz CT molecular complexity index is 570. The minimum absolute atomic E-state index is 0.00743. The van der Waals surface area contributed by atoms with E-state index in [4.69, 9.17) is 16.0 Å². The first-order valence-corrected chi connectivity index (χ1v) is 4.82. The van der Waals surface area contributed by atoms with Crippen LogP contribution in [-0.4, -0.2) is 18.3 Å². The number of rotatable bonds is 2. The van der Waals surface area contributed by atoms with E-state index in [-0.39, 0.29) is 11.3 Å². The van der Waals surface area contributed by atoms with E-state index >= 15 is 0 Å². The number of ether oxygens (including phenoxy) is 1. The molecule has 2 aromatic rings. The van der Waals surface area contributed by atoms with Crippen molar-refractivity contribution in [2.24, 2.45) is 0 Å². The van der Waals surface area contributed by atoms with Gasteiger partial charge >= 0.3 is 5.97 Å². The molecule has 0 aliphatic rings. The Labute approximate surface area is 95.7 Å². The molecule has 0 unspecified atom stereocenters. The fraction of sp³-hybridized carbons (Fsp3) is 0.0909. The van der Waals surface area contributed by atoms with Gasteiger partial charge in [0.05, 0.1) is 7.11 Å². The maximum atomic E-state index is 11.4. The van der Waals surface area contributed by atoms with Crippen molar-refractivity contribution in [1.29, 1.82) is 0 Å². The summed E-state index contributed by atoms with van der Waals surface area (Å²) in [4.78, 5) is 22.3. The molecule has 0 atom stereocenters. The summed E-state index contributed by atoms with van der Waals surface area (Å²) in [5.74, 6) is -0.512. The number of methoxy groups -OCH3 is 1. The van der Waals surface area contributed by atoms with Crippen LogP contribution in [0, 0.1) is 0 Å². The van der Waals surface area contributed by atoms with Gasteiger partial charge in [0.2, 0.25) is 0 Å². The molecule has 0 aliphatic heterocycles. The van der Waals surface area contributed by atoms with Gasteiger partial charge in [0.1, 0.15) is 11.1 Å². The molecule has 2 rings (SSSR count). The summed E-state index contributed by atoms with van der Waals surface area (Å²) in [6.07, 6.45) is 0. The molecule has 82 valence electrons. The summed E-state index contributed by atoms with van der Waals surface area (Å²) < 4.78 is 9.80. The van der Waals surface area contributed by atoms with Crippen molar-refractivity contribution >= 4 is 33.8 Å². The molecule has 0 N–H and O–H groups in total. The van der Waals surface area contributed by atoms with Crippen molar-refractivity contribution in [2.75, 3.05) is 7.11 Å². The Morgan fingerprint density at radius 1 is 1.38 bits per heavy atom. The fourth-order valence-corrected chi connectivity index (χ4v) is 1.52. The average Bonchev–Trinajstić information content (AvgIpc) is 2.71. The lowest BCUT2D eigenvalue weighted by atomic mass is 10.1. The second kappa shape index (κ2) is 3.98. The summed E-state index contributed by atoms with van der Waals surface area (Å²) in [7, 11) is 1.28. The third-order valence-electron chi connectivity index (χ3n) is 2.14. The molecule has 1 heterocycles. The molecular weight excluding hydrogens is 232 g/mol. The minimum Gasteiger partial charge on any atom is -0.465 e. The summed E-state index contributed by atoms with van der Waals surface area (Å²) in [6, 6.07) is 6.43. The van der Waals surface area contributed by atoms with Gasteiger partial charge < -0.3 is 9.15 Å². The van der Waals surface area contributed by atoms with Gasteiger partial charge in [0.25, 0.3) is 5.24 Å². The Kier molecular flexibility index (Phi) is 2.66. The quantitative estimate of drug-likeness (QED) is 0.596. The number of carbonyl (C=O) groups excluding carboxylic acids is 2. The predicted octanol–water partition coefficient (Wildman–Crippen LogP) is 2.60. The zero-order valence-electron chi connectivity index (χ0n) is 8.32. The Morgan fingerprint density at radius 3 is 2.75 bits per heavy atom. The first-order chi connectivity index (χ1) is 7.63. The second-order valence-corrected chi connectivity index (χ2v) is 3.44. The molecule has 0 bridgehead atoms.